The molecule has 0 bridgehead atoms. The summed E-state index contributed by atoms with van der Waals surface area (Å²) >= 11 is 0. The molecular formula is C23H19N5O5. The molecule has 0 saturated carbocycles. The molecule has 2 aromatic carbocycles. The Hall–Kier alpha value is -4.73. The first-order valence-electron chi connectivity index (χ1n) is 9.83. The van der Waals surface area contributed by atoms with Crippen molar-refractivity contribution in [2.75, 3.05) is 5.32 Å². The number of hydrogen-bond acceptors (Lipinski definition) is 8. The van der Waals surface area contributed by atoms with Gasteiger partial charge in [-0.2, -0.15) is 4.98 Å². The van der Waals surface area contributed by atoms with Gasteiger partial charge in [0, 0.05) is 24.1 Å². The summed E-state index contributed by atoms with van der Waals surface area (Å²) in [6.45, 7) is 1.86. The number of hydrogen-bond donors (Lipinski definition) is 2. The van der Waals surface area contributed by atoms with Gasteiger partial charge in [0.05, 0.1) is 11.9 Å². The van der Waals surface area contributed by atoms with Crippen molar-refractivity contribution in [2.45, 2.75) is 13.5 Å². The molecule has 0 saturated heterocycles. The van der Waals surface area contributed by atoms with Crippen molar-refractivity contribution in [3.63, 3.8) is 0 Å². The number of aromatic nitrogens is 3. The second kappa shape index (κ2) is 9.60. The summed E-state index contributed by atoms with van der Waals surface area (Å²) in [5, 5.41) is 6.52. The first-order chi connectivity index (χ1) is 16.0. The highest BCUT2D eigenvalue weighted by Gasteiger charge is 2.09. The Kier molecular flexibility index (Phi) is 6.26. The maximum Gasteiger partial charge on any atom is 0.255 e. The van der Waals surface area contributed by atoms with Crippen LogP contribution in [0.2, 0.25) is 0 Å². The molecule has 2 amide bonds. The van der Waals surface area contributed by atoms with E-state index in [1.54, 1.807) is 61.5 Å². The zero-order valence-electron chi connectivity index (χ0n) is 17.5. The van der Waals surface area contributed by atoms with Gasteiger partial charge < -0.3 is 25.0 Å². The lowest BCUT2D eigenvalue weighted by molar-refractivity contribution is 0.0997. The van der Waals surface area contributed by atoms with Crippen LogP contribution in [0.5, 0.6) is 17.4 Å². The van der Waals surface area contributed by atoms with Gasteiger partial charge in [-0.1, -0.05) is 11.2 Å². The Labute approximate surface area is 188 Å². The van der Waals surface area contributed by atoms with Crippen LogP contribution in [0, 0.1) is 6.92 Å². The van der Waals surface area contributed by atoms with Gasteiger partial charge in [-0.25, -0.2) is 4.98 Å². The highest BCUT2D eigenvalue weighted by atomic mass is 16.5. The third kappa shape index (κ3) is 5.70. The fraction of sp³-hybridized carbons (Fsp3) is 0.0870. The van der Waals surface area contributed by atoms with Crippen LogP contribution >= 0.6 is 0 Å². The number of rotatable bonds is 8. The highest BCUT2D eigenvalue weighted by Crippen LogP contribution is 2.22. The number of carbonyl (C=O) groups excluding carboxylic acids is 2. The fourth-order valence-corrected chi connectivity index (χ4v) is 2.80. The number of primary amides is 1. The Morgan fingerprint density at radius 1 is 1.03 bits per heavy atom. The van der Waals surface area contributed by atoms with Crippen LogP contribution < -0.4 is 20.5 Å². The number of benzene rings is 2. The van der Waals surface area contributed by atoms with Crippen molar-refractivity contribution in [3.8, 4) is 17.4 Å². The Balaban J connectivity index is 1.32. The van der Waals surface area contributed by atoms with Gasteiger partial charge in [0.1, 0.15) is 11.5 Å². The summed E-state index contributed by atoms with van der Waals surface area (Å²) in [6, 6.07) is 16.4. The van der Waals surface area contributed by atoms with E-state index in [1.807, 2.05) is 0 Å². The first-order valence-corrected chi connectivity index (χ1v) is 9.83. The maximum absolute atomic E-state index is 12.5. The van der Waals surface area contributed by atoms with Gasteiger partial charge in [0.15, 0.2) is 6.61 Å². The van der Waals surface area contributed by atoms with Gasteiger partial charge in [-0.15, -0.1) is 0 Å². The first kappa shape index (κ1) is 21.5. The number of amides is 2. The quantitative estimate of drug-likeness (QED) is 0.420. The summed E-state index contributed by atoms with van der Waals surface area (Å²) in [6.07, 6.45) is 1.47. The molecule has 0 atom stereocenters. The van der Waals surface area contributed by atoms with E-state index in [2.05, 4.69) is 20.4 Å². The monoisotopic (exact) mass is 445 g/mol. The topological polar surface area (TPSA) is 142 Å². The van der Waals surface area contributed by atoms with Crippen LogP contribution in [-0.4, -0.2) is 26.9 Å². The van der Waals surface area contributed by atoms with Crippen LogP contribution in [0.25, 0.3) is 0 Å². The Morgan fingerprint density at radius 3 is 2.52 bits per heavy atom. The third-order valence-corrected chi connectivity index (χ3v) is 4.39. The number of nitrogens with two attached hydrogens (primary N) is 1. The molecule has 0 aliphatic rings. The average molecular weight is 445 g/mol. The number of ether oxygens (including phenoxy) is 2. The molecule has 0 unspecified atom stereocenters. The predicted octanol–water partition coefficient (Wildman–Crippen LogP) is 3.50. The molecule has 2 aromatic heterocycles. The highest BCUT2D eigenvalue weighted by molar-refractivity contribution is 6.04. The van der Waals surface area contributed by atoms with Crippen molar-refractivity contribution >= 4 is 17.5 Å². The number of nitrogens with one attached hydrogen (secondary N) is 1. The molecule has 166 valence electrons. The van der Waals surface area contributed by atoms with E-state index in [0.29, 0.717) is 45.9 Å². The van der Waals surface area contributed by atoms with E-state index >= 15 is 0 Å². The molecule has 2 heterocycles. The van der Waals surface area contributed by atoms with E-state index in [4.69, 9.17) is 19.7 Å². The van der Waals surface area contributed by atoms with Crippen molar-refractivity contribution < 1.29 is 23.6 Å². The molecule has 0 fully saturated rings. The summed E-state index contributed by atoms with van der Waals surface area (Å²) in [7, 11) is 0. The standard InChI is InChI=1S/C23H19N5O5/c1-14-26-20(28-33-14)13-31-18-8-5-15(6-9-18)23(30)27-17-7-10-21(25-12-17)32-19-4-2-3-16(11-19)22(24)29/h2-12H,13H2,1H3,(H2,24,29)(H,27,30). The fourth-order valence-electron chi connectivity index (χ4n) is 2.80. The van der Waals surface area contributed by atoms with Gasteiger partial charge >= 0.3 is 0 Å². The summed E-state index contributed by atoms with van der Waals surface area (Å²) < 4.78 is 16.1. The van der Waals surface area contributed by atoms with E-state index in [9.17, 15) is 9.59 Å². The molecule has 10 nitrogen and oxygen atoms in total. The summed E-state index contributed by atoms with van der Waals surface area (Å²) in [4.78, 5) is 32.0. The van der Waals surface area contributed by atoms with E-state index in [0.717, 1.165) is 0 Å². The average Bonchev–Trinajstić information content (AvgIpc) is 3.24. The van der Waals surface area contributed by atoms with E-state index < -0.39 is 5.91 Å². The van der Waals surface area contributed by atoms with Crippen molar-refractivity contribution in [1.29, 1.82) is 0 Å². The smallest absolute Gasteiger partial charge is 0.255 e. The third-order valence-electron chi connectivity index (χ3n) is 4.39. The number of pyridine rings is 1. The van der Waals surface area contributed by atoms with E-state index in [1.165, 1.54) is 12.3 Å². The molecule has 33 heavy (non-hydrogen) atoms. The van der Waals surface area contributed by atoms with Crippen molar-refractivity contribution in [2.24, 2.45) is 5.73 Å². The molecule has 0 radical (unpaired) electrons. The Morgan fingerprint density at radius 2 is 1.85 bits per heavy atom. The van der Waals surface area contributed by atoms with Gasteiger partial charge in [-0.05, 0) is 48.5 Å². The number of nitrogens with zero attached hydrogens (tertiary/aromatic N) is 3. The largest absolute Gasteiger partial charge is 0.485 e. The molecular weight excluding hydrogens is 426 g/mol. The molecule has 0 aliphatic carbocycles. The molecule has 10 heteroatoms. The van der Waals surface area contributed by atoms with Crippen LogP contribution in [0.15, 0.2) is 71.4 Å². The zero-order valence-corrected chi connectivity index (χ0v) is 17.5. The second-order valence-corrected chi connectivity index (χ2v) is 6.88. The zero-order chi connectivity index (χ0) is 23.2. The minimum absolute atomic E-state index is 0.162. The molecule has 0 spiro atoms. The lowest BCUT2D eigenvalue weighted by atomic mass is 10.2. The molecule has 4 aromatic rings. The summed E-state index contributed by atoms with van der Waals surface area (Å²) in [5.74, 6) is 1.34. The van der Waals surface area contributed by atoms with Gasteiger partial charge in [0.2, 0.25) is 23.5 Å². The minimum Gasteiger partial charge on any atom is -0.485 e. The predicted molar refractivity (Wildman–Crippen MR) is 117 cm³/mol. The van der Waals surface area contributed by atoms with Gasteiger partial charge in [-0.3, -0.25) is 9.59 Å². The van der Waals surface area contributed by atoms with Gasteiger partial charge in [0.25, 0.3) is 5.91 Å². The molecule has 0 aliphatic heterocycles. The van der Waals surface area contributed by atoms with Crippen LogP contribution in [0.4, 0.5) is 5.69 Å². The van der Waals surface area contributed by atoms with Crippen LogP contribution in [-0.2, 0) is 6.61 Å². The Bertz CT molecular complexity index is 1270. The molecule has 3 N–H and O–H groups in total. The number of anilines is 1. The van der Waals surface area contributed by atoms with E-state index in [-0.39, 0.29) is 12.5 Å². The maximum atomic E-state index is 12.5. The van der Waals surface area contributed by atoms with Crippen LogP contribution in [0.1, 0.15) is 32.4 Å². The van der Waals surface area contributed by atoms with Crippen LogP contribution in [0.3, 0.4) is 0 Å². The van der Waals surface area contributed by atoms with Crippen molar-refractivity contribution in [3.05, 3.63) is 89.7 Å². The van der Waals surface area contributed by atoms with Crippen molar-refractivity contribution in [1.82, 2.24) is 15.1 Å². The molecule has 4 rings (SSSR count). The number of carbonyl (C=O) groups is 2. The normalized spacial score (nSPS) is 10.5. The number of aryl methyl sites for hydroxylation is 1. The lowest BCUT2D eigenvalue weighted by Gasteiger charge is -2.08. The lowest BCUT2D eigenvalue weighted by Crippen LogP contribution is -2.12. The second-order valence-electron chi connectivity index (χ2n) is 6.88. The minimum atomic E-state index is -0.548. The SMILES string of the molecule is Cc1nc(COc2ccc(C(=O)Nc3ccc(Oc4cccc(C(N)=O)c4)nc3)cc2)no1. The summed E-state index contributed by atoms with van der Waals surface area (Å²) in [5.41, 5.74) is 6.54.